The van der Waals surface area contributed by atoms with Gasteiger partial charge in [0.2, 0.25) is 5.96 Å². The van der Waals surface area contributed by atoms with Crippen LogP contribution in [0.3, 0.4) is 0 Å². The highest BCUT2D eigenvalue weighted by Crippen LogP contribution is 2.30. The number of hydrogen-bond acceptors (Lipinski definition) is 3. The molecule has 1 heterocycles. The van der Waals surface area contributed by atoms with Crippen molar-refractivity contribution in [2.45, 2.75) is 25.1 Å². The van der Waals surface area contributed by atoms with E-state index in [-0.39, 0.29) is 24.3 Å². The van der Waals surface area contributed by atoms with Gasteiger partial charge in [-0.3, -0.25) is 10.1 Å². The summed E-state index contributed by atoms with van der Waals surface area (Å²) >= 11 is 5.83. The van der Waals surface area contributed by atoms with Gasteiger partial charge in [0.15, 0.2) is 0 Å². The van der Waals surface area contributed by atoms with Crippen LogP contribution in [0.5, 0.6) is 0 Å². The van der Waals surface area contributed by atoms with Crippen LogP contribution < -0.4 is 10.6 Å². The molecule has 1 amide bonds. The van der Waals surface area contributed by atoms with Crippen molar-refractivity contribution in [2.75, 3.05) is 18.5 Å². The Balaban J connectivity index is 1.78. The van der Waals surface area contributed by atoms with Gasteiger partial charge in [-0.1, -0.05) is 17.7 Å². The Kier molecular flexibility index (Phi) is 6.76. The molecule has 0 aromatic heterocycles. The van der Waals surface area contributed by atoms with Gasteiger partial charge >= 0.3 is 6.18 Å². The summed E-state index contributed by atoms with van der Waals surface area (Å²) in [6.07, 6.45) is -2.79. The topological polar surface area (TPSA) is 62.7 Å². The first kappa shape index (κ1) is 21.1. The summed E-state index contributed by atoms with van der Waals surface area (Å²) in [5.74, 6) is -0.424. The maximum absolute atomic E-state index is 13.0. The fraction of sp³-hybridized carbons (Fsp3) is 0.300. The third kappa shape index (κ3) is 6.20. The van der Waals surface area contributed by atoms with Crippen LogP contribution in [0.2, 0.25) is 5.02 Å². The van der Waals surface area contributed by atoms with Crippen LogP contribution in [-0.2, 0) is 10.9 Å². The maximum Gasteiger partial charge on any atom is 0.416 e. The van der Waals surface area contributed by atoms with Crippen molar-refractivity contribution >= 4 is 29.2 Å². The zero-order valence-electron chi connectivity index (χ0n) is 15.3. The molecule has 2 aromatic rings. The van der Waals surface area contributed by atoms with Crippen LogP contribution in [0.4, 0.5) is 18.9 Å². The molecule has 9 heteroatoms. The number of halogens is 4. The first-order valence-electron chi connectivity index (χ1n) is 8.98. The minimum absolute atomic E-state index is 0.0415. The normalized spacial score (nSPS) is 17.2. The first-order chi connectivity index (χ1) is 13.8. The third-order valence-electron chi connectivity index (χ3n) is 4.27. The molecule has 1 atom stereocenters. The lowest BCUT2D eigenvalue weighted by Gasteiger charge is -2.15. The molecule has 1 fully saturated rings. The number of alkyl halides is 3. The monoisotopic (exact) mass is 425 g/mol. The number of guanidine groups is 1. The van der Waals surface area contributed by atoms with Crippen LogP contribution in [0.1, 0.15) is 28.8 Å². The average Bonchev–Trinajstić information content (AvgIpc) is 3.20. The number of aliphatic imine (C=N–C) groups is 1. The van der Waals surface area contributed by atoms with E-state index in [2.05, 4.69) is 15.6 Å². The van der Waals surface area contributed by atoms with Crippen molar-refractivity contribution in [3.05, 3.63) is 64.7 Å². The van der Waals surface area contributed by atoms with E-state index in [9.17, 15) is 18.0 Å². The SMILES string of the molecule is O=C(NC(=NCC1CCCO1)Nc1cccc(C(F)(F)F)c1)c1ccc(Cl)cc1. The number of ether oxygens (including phenoxy) is 1. The molecule has 0 radical (unpaired) electrons. The van der Waals surface area contributed by atoms with Crippen LogP contribution in [0, 0.1) is 0 Å². The van der Waals surface area contributed by atoms with Crippen molar-refractivity contribution < 1.29 is 22.7 Å². The number of hydrogen-bond donors (Lipinski definition) is 2. The van der Waals surface area contributed by atoms with E-state index < -0.39 is 17.6 Å². The molecule has 1 saturated heterocycles. The second kappa shape index (κ2) is 9.28. The van der Waals surface area contributed by atoms with Crippen molar-refractivity contribution in [3.63, 3.8) is 0 Å². The van der Waals surface area contributed by atoms with Gasteiger partial charge in [-0.2, -0.15) is 13.2 Å². The van der Waals surface area contributed by atoms with Gasteiger partial charge in [0.25, 0.3) is 5.91 Å². The Morgan fingerprint density at radius 3 is 2.62 bits per heavy atom. The molecule has 5 nitrogen and oxygen atoms in total. The Labute approximate surface area is 170 Å². The van der Waals surface area contributed by atoms with Gasteiger partial charge in [0.1, 0.15) is 0 Å². The van der Waals surface area contributed by atoms with Crippen LogP contribution >= 0.6 is 11.6 Å². The lowest BCUT2D eigenvalue weighted by atomic mass is 10.2. The second-order valence-electron chi connectivity index (χ2n) is 6.49. The summed E-state index contributed by atoms with van der Waals surface area (Å²) in [6.45, 7) is 0.926. The van der Waals surface area contributed by atoms with Crippen LogP contribution in [-0.4, -0.2) is 31.1 Å². The van der Waals surface area contributed by atoms with E-state index in [1.54, 1.807) is 24.3 Å². The van der Waals surface area contributed by atoms with Crippen molar-refractivity contribution in [1.29, 1.82) is 0 Å². The molecule has 1 aliphatic heterocycles. The molecule has 0 saturated carbocycles. The summed E-state index contributed by atoms with van der Waals surface area (Å²) in [7, 11) is 0. The highest BCUT2D eigenvalue weighted by atomic mass is 35.5. The van der Waals surface area contributed by atoms with E-state index >= 15 is 0 Å². The fourth-order valence-corrected chi connectivity index (χ4v) is 2.91. The van der Waals surface area contributed by atoms with Gasteiger partial charge in [-0.05, 0) is 55.3 Å². The van der Waals surface area contributed by atoms with E-state index in [1.165, 1.54) is 12.1 Å². The van der Waals surface area contributed by atoms with Gasteiger partial charge in [-0.25, -0.2) is 4.99 Å². The summed E-state index contributed by atoms with van der Waals surface area (Å²) in [5.41, 5.74) is -0.308. The molecule has 1 unspecified atom stereocenters. The number of nitrogens with one attached hydrogen (secondary N) is 2. The number of carbonyl (C=O) groups excluding carboxylic acids is 1. The third-order valence-corrected chi connectivity index (χ3v) is 4.52. The summed E-state index contributed by atoms with van der Waals surface area (Å²) < 4.78 is 44.4. The van der Waals surface area contributed by atoms with Gasteiger partial charge in [-0.15, -0.1) is 0 Å². The lowest BCUT2D eigenvalue weighted by molar-refractivity contribution is -0.137. The molecule has 0 bridgehead atoms. The molecule has 3 rings (SSSR count). The molecule has 0 spiro atoms. The van der Waals surface area contributed by atoms with Gasteiger partial charge in [0, 0.05) is 22.9 Å². The smallest absolute Gasteiger partial charge is 0.376 e. The Bertz CT molecular complexity index is 879. The van der Waals surface area contributed by atoms with Crippen LogP contribution in [0.15, 0.2) is 53.5 Å². The second-order valence-corrected chi connectivity index (χ2v) is 6.93. The zero-order chi connectivity index (χ0) is 20.9. The Hall–Kier alpha value is -2.58. The Morgan fingerprint density at radius 1 is 1.21 bits per heavy atom. The lowest BCUT2D eigenvalue weighted by Crippen LogP contribution is -2.36. The molecule has 29 heavy (non-hydrogen) atoms. The highest BCUT2D eigenvalue weighted by Gasteiger charge is 2.30. The number of rotatable bonds is 4. The predicted molar refractivity (Wildman–Crippen MR) is 105 cm³/mol. The van der Waals surface area contributed by atoms with Crippen molar-refractivity contribution in [1.82, 2.24) is 5.32 Å². The van der Waals surface area contributed by atoms with E-state index in [0.717, 1.165) is 25.0 Å². The summed E-state index contributed by atoms with van der Waals surface area (Å²) in [4.78, 5) is 16.8. The first-order valence-corrected chi connectivity index (χ1v) is 9.36. The summed E-state index contributed by atoms with van der Waals surface area (Å²) in [5, 5.41) is 5.85. The highest BCUT2D eigenvalue weighted by molar-refractivity contribution is 6.30. The standard InChI is InChI=1S/C20H19ClF3N3O2/c21-15-8-6-13(7-9-15)18(28)27-19(25-12-17-5-2-10-29-17)26-16-4-1-3-14(11-16)20(22,23)24/h1,3-4,6-9,11,17H,2,5,10,12H2,(H2,25,26,27,28). The minimum Gasteiger partial charge on any atom is -0.376 e. The largest absolute Gasteiger partial charge is 0.416 e. The quantitative estimate of drug-likeness (QED) is 0.549. The minimum atomic E-state index is -4.47. The number of nitrogens with zero attached hydrogens (tertiary/aromatic N) is 1. The molecule has 2 N–H and O–H groups in total. The molecule has 1 aliphatic rings. The van der Waals surface area contributed by atoms with Crippen LogP contribution in [0.25, 0.3) is 0 Å². The molecular weight excluding hydrogens is 407 g/mol. The maximum atomic E-state index is 13.0. The zero-order valence-corrected chi connectivity index (χ0v) is 16.1. The predicted octanol–water partition coefficient (Wildman–Crippen LogP) is 4.74. The van der Waals surface area contributed by atoms with Gasteiger partial charge < -0.3 is 10.1 Å². The molecule has 154 valence electrons. The number of amides is 1. The molecular formula is C20H19ClF3N3O2. The molecule has 2 aromatic carbocycles. The number of carbonyl (C=O) groups is 1. The number of benzene rings is 2. The fourth-order valence-electron chi connectivity index (χ4n) is 2.78. The molecule has 0 aliphatic carbocycles. The van der Waals surface area contributed by atoms with E-state index in [0.29, 0.717) is 17.2 Å². The van der Waals surface area contributed by atoms with E-state index in [1.807, 2.05) is 0 Å². The van der Waals surface area contributed by atoms with E-state index in [4.69, 9.17) is 16.3 Å². The van der Waals surface area contributed by atoms with Crippen molar-refractivity contribution in [2.24, 2.45) is 4.99 Å². The summed E-state index contributed by atoms with van der Waals surface area (Å²) in [6, 6.07) is 10.9. The van der Waals surface area contributed by atoms with Gasteiger partial charge in [0.05, 0.1) is 18.2 Å². The average molecular weight is 426 g/mol. The Morgan fingerprint density at radius 2 is 1.97 bits per heavy atom. The van der Waals surface area contributed by atoms with Crippen molar-refractivity contribution in [3.8, 4) is 0 Å². The number of anilines is 1.